The summed E-state index contributed by atoms with van der Waals surface area (Å²) >= 11 is 0. The third-order valence-electron chi connectivity index (χ3n) is 6.05. The second-order valence-electron chi connectivity index (χ2n) is 8.63. The zero-order valence-corrected chi connectivity index (χ0v) is 20.6. The summed E-state index contributed by atoms with van der Waals surface area (Å²) in [6, 6.07) is 8.22. The molecule has 1 amide bonds. The summed E-state index contributed by atoms with van der Waals surface area (Å²) in [5, 5.41) is 2.97. The lowest BCUT2D eigenvalue weighted by atomic mass is 9.88. The van der Waals surface area contributed by atoms with E-state index in [0.717, 1.165) is 0 Å². The second-order valence-corrected chi connectivity index (χ2v) is 8.63. The van der Waals surface area contributed by atoms with Gasteiger partial charge < -0.3 is 5.32 Å². The number of nitrogens with one attached hydrogen (secondary N) is 3. The molecule has 218 valence electrons. The molecule has 0 bridgehead atoms. The smallest absolute Gasteiger partial charge is 0.327 e. The molecule has 0 radical (unpaired) electrons. The Morgan fingerprint density at radius 3 is 2.05 bits per heavy atom. The molecule has 6 nitrogen and oxygen atoms in total. The summed E-state index contributed by atoms with van der Waals surface area (Å²) in [7, 11) is 1.34. The molecule has 3 aromatic carbocycles. The van der Waals surface area contributed by atoms with Gasteiger partial charge in [0.15, 0.2) is 0 Å². The highest BCUT2D eigenvalue weighted by molar-refractivity contribution is 6.10. The van der Waals surface area contributed by atoms with Gasteiger partial charge in [-0.2, -0.15) is 39.5 Å². The van der Waals surface area contributed by atoms with Crippen LogP contribution in [0.4, 0.5) is 39.5 Å². The fourth-order valence-corrected chi connectivity index (χ4v) is 4.17. The number of carbonyl (C=O) groups is 1. The topological polar surface area (TPSA) is 71.6 Å². The minimum absolute atomic E-state index is 0.0305. The van der Waals surface area contributed by atoms with Crippen molar-refractivity contribution in [3.05, 3.63) is 101 Å². The number of benzene rings is 3. The number of hydroxylamine groups is 2. The van der Waals surface area contributed by atoms with E-state index in [1.807, 2.05) is 5.48 Å². The standard InChI is InChI=1S/C26H18F9N3O3/c1-40-37-9-8-36-22(39)20-7-6-19(17-4-2-3-5-18(17)20)21-13-23(41-38-21,26(33,34)35)14-10-15(24(27,28)29)12-16(11-14)25(30,31)32/h2-13,37-38H,1H3,(H,36,39). The molecule has 41 heavy (non-hydrogen) atoms. The molecule has 1 unspecified atom stereocenters. The number of carbonyl (C=O) groups excluding carboxylic acids is 1. The van der Waals surface area contributed by atoms with Crippen molar-refractivity contribution in [3.8, 4) is 0 Å². The summed E-state index contributed by atoms with van der Waals surface area (Å²) in [6.07, 6.45) is -13.4. The molecule has 4 rings (SSSR count). The molecular weight excluding hydrogens is 573 g/mol. The van der Waals surface area contributed by atoms with Crippen molar-refractivity contribution in [3.63, 3.8) is 0 Å². The summed E-state index contributed by atoms with van der Waals surface area (Å²) in [5.41, 5.74) is -4.92. The zero-order chi connectivity index (χ0) is 30.2. The Labute approximate surface area is 225 Å². The van der Waals surface area contributed by atoms with Crippen LogP contribution in [0.5, 0.6) is 0 Å². The van der Waals surface area contributed by atoms with Crippen molar-refractivity contribution in [2.45, 2.75) is 24.1 Å². The van der Waals surface area contributed by atoms with Crippen molar-refractivity contribution in [2.75, 3.05) is 7.11 Å². The summed E-state index contributed by atoms with van der Waals surface area (Å²) in [5.74, 6) is -0.597. The van der Waals surface area contributed by atoms with Crippen LogP contribution in [0.1, 0.15) is 32.6 Å². The first-order chi connectivity index (χ1) is 19.1. The summed E-state index contributed by atoms with van der Waals surface area (Å²) in [4.78, 5) is 22.1. The zero-order valence-electron chi connectivity index (χ0n) is 20.6. The fourth-order valence-electron chi connectivity index (χ4n) is 4.17. The van der Waals surface area contributed by atoms with Gasteiger partial charge in [-0.05, 0) is 41.1 Å². The number of halogens is 9. The van der Waals surface area contributed by atoms with Crippen LogP contribution in [0.15, 0.2) is 73.1 Å². The van der Waals surface area contributed by atoms with Gasteiger partial charge in [0, 0.05) is 29.1 Å². The van der Waals surface area contributed by atoms with E-state index in [0.29, 0.717) is 6.08 Å². The Hall–Kier alpha value is -4.24. The predicted octanol–water partition coefficient (Wildman–Crippen LogP) is 6.56. The average Bonchev–Trinajstić information content (AvgIpc) is 3.36. The maximum Gasteiger partial charge on any atom is 0.428 e. The Morgan fingerprint density at radius 2 is 1.49 bits per heavy atom. The molecule has 0 aliphatic carbocycles. The number of rotatable bonds is 6. The van der Waals surface area contributed by atoms with Crippen molar-refractivity contribution >= 4 is 22.4 Å². The highest BCUT2D eigenvalue weighted by atomic mass is 19.4. The van der Waals surface area contributed by atoms with Crippen LogP contribution in [0, 0.1) is 0 Å². The van der Waals surface area contributed by atoms with Crippen LogP contribution in [0.2, 0.25) is 0 Å². The molecule has 1 heterocycles. The predicted molar refractivity (Wildman–Crippen MR) is 127 cm³/mol. The third kappa shape index (κ3) is 5.81. The molecular formula is C26H18F9N3O3. The van der Waals surface area contributed by atoms with Crippen molar-refractivity contribution in [1.82, 2.24) is 16.3 Å². The molecule has 15 heteroatoms. The van der Waals surface area contributed by atoms with Gasteiger partial charge in [0.05, 0.1) is 23.9 Å². The Kier molecular flexibility index (Phi) is 7.71. The first kappa shape index (κ1) is 29.7. The number of hydrogen-bond acceptors (Lipinski definition) is 5. The Balaban J connectivity index is 1.87. The molecule has 3 N–H and O–H groups in total. The van der Waals surface area contributed by atoms with Crippen LogP contribution >= 0.6 is 0 Å². The summed E-state index contributed by atoms with van der Waals surface area (Å²) < 4.78 is 124. The van der Waals surface area contributed by atoms with E-state index in [9.17, 15) is 44.3 Å². The molecule has 0 saturated heterocycles. The molecule has 1 atom stereocenters. The van der Waals surface area contributed by atoms with Crippen LogP contribution in [-0.2, 0) is 27.6 Å². The van der Waals surface area contributed by atoms with Crippen LogP contribution in [0.25, 0.3) is 16.5 Å². The SMILES string of the molecule is CONC=CNC(=O)c1ccc(C2=CC(c3cc(C(F)(F)F)cc(C(F)(F)F)c3)(C(F)(F)F)ON2)c2ccccc12. The third-order valence-corrected chi connectivity index (χ3v) is 6.05. The van der Waals surface area contributed by atoms with E-state index in [4.69, 9.17) is 4.84 Å². The minimum atomic E-state index is -5.51. The molecule has 0 fully saturated rings. The van der Waals surface area contributed by atoms with E-state index in [-0.39, 0.29) is 40.1 Å². The summed E-state index contributed by atoms with van der Waals surface area (Å²) in [6.45, 7) is 0. The van der Waals surface area contributed by atoms with E-state index < -0.39 is 52.4 Å². The lowest BCUT2D eigenvalue weighted by Gasteiger charge is -2.29. The van der Waals surface area contributed by atoms with Crippen molar-refractivity contribution in [1.29, 1.82) is 0 Å². The van der Waals surface area contributed by atoms with Crippen molar-refractivity contribution < 1.29 is 54.0 Å². The van der Waals surface area contributed by atoms with Crippen LogP contribution in [0.3, 0.4) is 0 Å². The molecule has 0 spiro atoms. The van der Waals surface area contributed by atoms with Gasteiger partial charge >= 0.3 is 18.5 Å². The van der Waals surface area contributed by atoms with E-state index >= 15 is 0 Å². The number of hydrogen-bond donors (Lipinski definition) is 3. The van der Waals surface area contributed by atoms with E-state index in [1.54, 1.807) is 6.07 Å². The number of alkyl halides is 9. The quantitative estimate of drug-likeness (QED) is 0.224. The normalized spacial score (nSPS) is 18.0. The Bertz CT molecular complexity index is 1500. The molecule has 0 aromatic heterocycles. The van der Waals surface area contributed by atoms with E-state index in [2.05, 4.69) is 15.6 Å². The highest BCUT2D eigenvalue weighted by Gasteiger charge is 2.60. The highest BCUT2D eigenvalue weighted by Crippen LogP contribution is 2.50. The molecule has 1 aliphatic rings. The van der Waals surface area contributed by atoms with Gasteiger partial charge in [-0.1, -0.05) is 30.3 Å². The lowest BCUT2D eigenvalue weighted by Crippen LogP contribution is -2.43. The van der Waals surface area contributed by atoms with Crippen LogP contribution in [-0.4, -0.2) is 19.2 Å². The van der Waals surface area contributed by atoms with Gasteiger partial charge in [-0.15, -0.1) is 0 Å². The van der Waals surface area contributed by atoms with Gasteiger partial charge in [-0.3, -0.25) is 25.4 Å². The molecule has 0 saturated carbocycles. The van der Waals surface area contributed by atoms with Gasteiger partial charge in [0.1, 0.15) is 0 Å². The maximum atomic E-state index is 14.5. The molecule has 1 aliphatic heterocycles. The first-order valence-electron chi connectivity index (χ1n) is 11.4. The number of fused-ring (bicyclic) bond motifs is 1. The minimum Gasteiger partial charge on any atom is -0.327 e. The maximum absolute atomic E-state index is 14.5. The van der Waals surface area contributed by atoms with Gasteiger partial charge in [-0.25, -0.2) is 0 Å². The molecule has 3 aromatic rings. The largest absolute Gasteiger partial charge is 0.428 e. The van der Waals surface area contributed by atoms with Gasteiger partial charge in [0.2, 0.25) is 5.60 Å². The average molecular weight is 591 g/mol. The fraction of sp³-hybridized carbons (Fsp3) is 0.192. The lowest BCUT2D eigenvalue weighted by molar-refractivity contribution is -0.269. The van der Waals surface area contributed by atoms with E-state index in [1.165, 1.54) is 49.8 Å². The van der Waals surface area contributed by atoms with Crippen molar-refractivity contribution in [2.24, 2.45) is 0 Å². The Morgan fingerprint density at radius 1 is 0.878 bits per heavy atom. The van der Waals surface area contributed by atoms with Crippen LogP contribution < -0.4 is 16.3 Å². The number of amides is 1. The van der Waals surface area contributed by atoms with Gasteiger partial charge in [0.25, 0.3) is 5.91 Å². The second kappa shape index (κ2) is 10.6. The monoisotopic (exact) mass is 591 g/mol. The first-order valence-corrected chi connectivity index (χ1v) is 11.4.